The molecule has 1 aromatic rings. The van der Waals surface area contributed by atoms with E-state index in [1.54, 1.807) is 25.1 Å². The van der Waals surface area contributed by atoms with Crippen molar-refractivity contribution in [2.75, 3.05) is 13.2 Å². The summed E-state index contributed by atoms with van der Waals surface area (Å²) < 4.78 is 5.29. The lowest BCUT2D eigenvalue weighted by Gasteiger charge is -2.33. The van der Waals surface area contributed by atoms with Gasteiger partial charge in [0, 0.05) is 6.54 Å². The number of phenols is 1. The third kappa shape index (κ3) is 2.79. The number of benzene rings is 1. The van der Waals surface area contributed by atoms with E-state index in [1.807, 2.05) is 0 Å². The van der Waals surface area contributed by atoms with Gasteiger partial charge in [0.25, 0.3) is 5.91 Å². The van der Waals surface area contributed by atoms with Crippen LogP contribution in [0.1, 0.15) is 26.2 Å². The maximum absolute atomic E-state index is 12.3. The van der Waals surface area contributed by atoms with Crippen molar-refractivity contribution in [2.24, 2.45) is 0 Å². The second-order valence-electron chi connectivity index (χ2n) is 5.10. The largest absolute Gasteiger partial charge is 0.504 e. The molecule has 1 unspecified atom stereocenters. The van der Waals surface area contributed by atoms with Gasteiger partial charge < -0.3 is 19.8 Å². The van der Waals surface area contributed by atoms with Gasteiger partial charge in [-0.1, -0.05) is 19.1 Å². The van der Waals surface area contributed by atoms with Crippen LogP contribution in [-0.2, 0) is 9.59 Å². The number of likely N-dealkylation sites (tertiary alicyclic amines) is 1. The van der Waals surface area contributed by atoms with Gasteiger partial charge in [0.05, 0.1) is 0 Å². The number of nitrogens with zero attached hydrogens (tertiary/aromatic N) is 1. The molecule has 1 aromatic carbocycles. The molecule has 0 spiro atoms. The highest BCUT2D eigenvalue weighted by molar-refractivity contribution is 5.88. The fourth-order valence-electron chi connectivity index (χ4n) is 2.78. The highest BCUT2D eigenvalue weighted by atomic mass is 16.5. The third-order valence-electron chi connectivity index (χ3n) is 3.99. The average Bonchev–Trinajstić information content (AvgIpc) is 2.91. The lowest BCUT2D eigenvalue weighted by Crippen LogP contribution is -2.53. The van der Waals surface area contributed by atoms with Gasteiger partial charge in [-0.05, 0) is 31.4 Å². The Labute approximate surface area is 122 Å². The zero-order valence-corrected chi connectivity index (χ0v) is 11.9. The van der Waals surface area contributed by atoms with Crippen LogP contribution in [-0.4, -0.2) is 45.7 Å². The summed E-state index contributed by atoms with van der Waals surface area (Å²) in [5.41, 5.74) is -1.13. The van der Waals surface area contributed by atoms with Crippen molar-refractivity contribution in [3.63, 3.8) is 0 Å². The molecule has 0 aromatic heterocycles. The summed E-state index contributed by atoms with van der Waals surface area (Å²) in [7, 11) is 0. The van der Waals surface area contributed by atoms with Gasteiger partial charge in [0.2, 0.25) is 0 Å². The van der Waals surface area contributed by atoms with E-state index in [0.717, 1.165) is 0 Å². The molecule has 0 aliphatic carbocycles. The molecule has 1 heterocycles. The molecule has 0 saturated carbocycles. The molecule has 2 N–H and O–H groups in total. The number of hydrogen-bond donors (Lipinski definition) is 2. The molecule has 6 heteroatoms. The summed E-state index contributed by atoms with van der Waals surface area (Å²) in [5, 5.41) is 19.0. The van der Waals surface area contributed by atoms with Crippen LogP contribution < -0.4 is 4.74 Å². The Morgan fingerprint density at radius 3 is 2.71 bits per heavy atom. The normalized spacial score (nSPS) is 21.3. The minimum absolute atomic E-state index is 0.0493. The summed E-state index contributed by atoms with van der Waals surface area (Å²) in [6, 6.07) is 6.35. The minimum atomic E-state index is -1.13. The quantitative estimate of drug-likeness (QED) is 0.861. The van der Waals surface area contributed by atoms with Crippen molar-refractivity contribution in [1.29, 1.82) is 0 Å². The number of hydrogen-bond acceptors (Lipinski definition) is 4. The molecular formula is C15H19NO5. The Morgan fingerprint density at radius 2 is 2.10 bits per heavy atom. The molecule has 114 valence electrons. The van der Waals surface area contributed by atoms with E-state index in [0.29, 0.717) is 25.8 Å². The Kier molecular flexibility index (Phi) is 4.35. The van der Waals surface area contributed by atoms with E-state index in [2.05, 4.69) is 0 Å². The van der Waals surface area contributed by atoms with E-state index >= 15 is 0 Å². The number of carbonyl (C=O) groups excluding carboxylic acids is 1. The van der Waals surface area contributed by atoms with Gasteiger partial charge in [0.15, 0.2) is 18.1 Å². The zero-order valence-electron chi connectivity index (χ0n) is 11.9. The summed E-state index contributed by atoms with van der Waals surface area (Å²) in [6.45, 7) is 1.90. The van der Waals surface area contributed by atoms with Crippen LogP contribution >= 0.6 is 0 Å². The molecule has 1 fully saturated rings. The maximum atomic E-state index is 12.3. The number of ether oxygens (including phenoxy) is 1. The first-order chi connectivity index (χ1) is 10.0. The first-order valence-corrected chi connectivity index (χ1v) is 6.96. The van der Waals surface area contributed by atoms with Crippen LogP contribution in [0, 0.1) is 0 Å². The molecule has 6 nitrogen and oxygen atoms in total. The molecule has 1 saturated heterocycles. The molecule has 2 rings (SSSR count). The Balaban J connectivity index is 2.06. The summed E-state index contributed by atoms with van der Waals surface area (Å²) in [4.78, 5) is 25.2. The molecule has 0 radical (unpaired) electrons. The molecule has 1 aliphatic heterocycles. The second kappa shape index (κ2) is 6.03. The molecule has 1 aliphatic rings. The van der Waals surface area contributed by atoms with Gasteiger partial charge in [-0.25, -0.2) is 4.79 Å². The maximum Gasteiger partial charge on any atom is 0.329 e. The number of phenolic OH excluding ortho intramolecular Hbond substituents is 1. The second-order valence-corrected chi connectivity index (χ2v) is 5.10. The number of carboxylic acids is 1. The monoisotopic (exact) mass is 293 g/mol. The van der Waals surface area contributed by atoms with Gasteiger partial charge in [-0.3, -0.25) is 4.79 Å². The standard InChI is InChI=1S/C15H19NO5/c1-2-15(14(19)20)8-5-9-16(15)13(18)10-21-12-7-4-3-6-11(12)17/h3-4,6-7,17H,2,5,8-10H2,1H3,(H,19,20). The van der Waals surface area contributed by atoms with Gasteiger partial charge in [-0.2, -0.15) is 0 Å². The fraction of sp³-hybridized carbons (Fsp3) is 0.467. The Bertz CT molecular complexity index is 545. The van der Waals surface area contributed by atoms with Gasteiger partial charge >= 0.3 is 5.97 Å². The zero-order chi connectivity index (χ0) is 15.5. The van der Waals surface area contributed by atoms with Crippen molar-refractivity contribution >= 4 is 11.9 Å². The number of carbonyl (C=O) groups is 2. The number of rotatable bonds is 5. The predicted octanol–water partition coefficient (Wildman–Crippen LogP) is 1.63. The van der Waals surface area contributed by atoms with Crippen molar-refractivity contribution in [1.82, 2.24) is 4.90 Å². The van der Waals surface area contributed by atoms with Gasteiger partial charge in [-0.15, -0.1) is 0 Å². The topological polar surface area (TPSA) is 87.1 Å². The summed E-state index contributed by atoms with van der Waals surface area (Å²) in [6.07, 6.45) is 1.49. The highest BCUT2D eigenvalue weighted by Gasteiger charge is 2.48. The van der Waals surface area contributed by atoms with Crippen LogP contribution in [0.25, 0.3) is 0 Å². The first-order valence-electron chi connectivity index (χ1n) is 6.96. The van der Waals surface area contributed by atoms with Crippen molar-refractivity contribution in [3.8, 4) is 11.5 Å². The fourth-order valence-corrected chi connectivity index (χ4v) is 2.78. The minimum Gasteiger partial charge on any atom is -0.504 e. The van der Waals surface area contributed by atoms with E-state index in [-0.39, 0.29) is 24.0 Å². The molecular weight excluding hydrogens is 274 g/mol. The smallest absolute Gasteiger partial charge is 0.329 e. The SMILES string of the molecule is CCC1(C(=O)O)CCCN1C(=O)COc1ccccc1O. The van der Waals surface area contributed by atoms with Crippen LogP contribution in [0.2, 0.25) is 0 Å². The van der Waals surface area contributed by atoms with E-state index in [1.165, 1.54) is 11.0 Å². The Morgan fingerprint density at radius 1 is 1.38 bits per heavy atom. The molecule has 1 amide bonds. The molecule has 0 bridgehead atoms. The number of amides is 1. The average molecular weight is 293 g/mol. The third-order valence-corrected chi connectivity index (χ3v) is 3.99. The Hall–Kier alpha value is -2.24. The summed E-state index contributed by atoms with van der Waals surface area (Å²) in [5.74, 6) is -1.19. The number of carboxylic acid groups (broad SMARTS) is 1. The van der Waals surface area contributed by atoms with Crippen LogP contribution in [0.4, 0.5) is 0 Å². The van der Waals surface area contributed by atoms with Crippen molar-refractivity contribution in [3.05, 3.63) is 24.3 Å². The first kappa shape index (κ1) is 15.2. The van der Waals surface area contributed by atoms with E-state index < -0.39 is 11.5 Å². The van der Waals surface area contributed by atoms with Crippen LogP contribution in [0.3, 0.4) is 0 Å². The van der Waals surface area contributed by atoms with Crippen LogP contribution in [0.15, 0.2) is 24.3 Å². The number of aromatic hydroxyl groups is 1. The van der Waals surface area contributed by atoms with Crippen molar-refractivity contribution < 1.29 is 24.5 Å². The van der Waals surface area contributed by atoms with Gasteiger partial charge in [0.1, 0.15) is 5.54 Å². The lowest BCUT2D eigenvalue weighted by atomic mass is 9.93. The van der Waals surface area contributed by atoms with Crippen molar-refractivity contribution in [2.45, 2.75) is 31.7 Å². The number of aliphatic carboxylic acids is 1. The highest BCUT2D eigenvalue weighted by Crippen LogP contribution is 2.33. The van der Waals surface area contributed by atoms with E-state index in [9.17, 15) is 19.8 Å². The lowest BCUT2D eigenvalue weighted by molar-refractivity contribution is -0.157. The van der Waals surface area contributed by atoms with E-state index in [4.69, 9.17) is 4.74 Å². The summed E-state index contributed by atoms with van der Waals surface area (Å²) >= 11 is 0. The number of para-hydroxylation sites is 2. The predicted molar refractivity (Wildman–Crippen MR) is 75.2 cm³/mol. The molecule has 1 atom stereocenters. The van der Waals surface area contributed by atoms with Crippen LogP contribution in [0.5, 0.6) is 11.5 Å². The molecule has 21 heavy (non-hydrogen) atoms.